The van der Waals surface area contributed by atoms with Crippen LogP contribution in [0.4, 0.5) is 5.69 Å². The van der Waals surface area contributed by atoms with Gasteiger partial charge in [0, 0.05) is 24.7 Å². The molecule has 7 nitrogen and oxygen atoms in total. The maximum absolute atomic E-state index is 12.8. The van der Waals surface area contributed by atoms with Crippen molar-refractivity contribution in [1.82, 2.24) is 15.1 Å². The van der Waals surface area contributed by atoms with Crippen LogP contribution >= 0.6 is 11.6 Å². The van der Waals surface area contributed by atoms with E-state index in [0.717, 1.165) is 44.2 Å². The molecule has 1 aliphatic heterocycles. The molecule has 1 aromatic heterocycles. The van der Waals surface area contributed by atoms with Gasteiger partial charge in [0.15, 0.2) is 0 Å². The summed E-state index contributed by atoms with van der Waals surface area (Å²) in [4.78, 5) is 30.0. The van der Waals surface area contributed by atoms with Crippen LogP contribution in [0.1, 0.15) is 28.1 Å². The van der Waals surface area contributed by atoms with Crippen molar-refractivity contribution in [3.8, 4) is 0 Å². The van der Waals surface area contributed by atoms with Crippen LogP contribution in [0.3, 0.4) is 0 Å². The number of hydrogen-bond acceptors (Lipinski definition) is 5. The van der Waals surface area contributed by atoms with Crippen LogP contribution in [0.2, 0.25) is 5.02 Å². The number of rotatable bonds is 8. The summed E-state index contributed by atoms with van der Waals surface area (Å²) in [5.41, 5.74) is 2.16. The normalized spacial score (nSPS) is 15.0. The molecule has 8 heteroatoms. The highest BCUT2D eigenvalue weighted by molar-refractivity contribution is 6.30. The number of nitrogens with zero attached hydrogens (tertiary/aromatic N) is 2. The monoisotopic (exact) mass is 480 g/mol. The highest BCUT2D eigenvalue weighted by Gasteiger charge is 2.19. The molecule has 2 amide bonds. The second kappa shape index (κ2) is 11.8. The van der Waals surface area contributed by atoms with Crippen molar-refractivity contribution in [2.45, 2.75) is 19.5 Å². The zero-order valence-electron chi connectivity index (χ0n) is 19.0. The Hall–Kier alpha value is -3.13. The number of furan rings is 1. The van der Waals surface area contributed by atoms with E-state index in [1.807, 2.05) is 12.1 Å². The van der Waals surface area contributed by atoms with Crippen LogP contribution < -0.4 is 10.6 Å². The van der Waals surface area contributed by atoms with E-state index in [0.29, 0.717) is 17.0 Å². The number of hydrogen-bond donors (Lipinski definition) is 2. The highest BCUT2D eigenvalue weighted by atomic mass is 35.5. The fraction of sp³-hybridized carbons (Fsp3) is 0.308. The van der Waals surface area contributed by atoms with Gasteiger partial charge >= 0.3 is 0 Å². The van der Waals surface area contributed by atoms with E-state index in [4.69, 9.17) is 16.0 Å². The summed E-state index contributed by atoms with van der Waals surface area (Å²) in [5.74, 6) is 0.276. The number of benzene rings is 2. The molecule has 4 rings (SSSR count). The lowest BCUT2D eigenvalue weighted by Crippen LogP contribution is -2.36. The van der Waals surface area contributed by atoms with Gasteiger partial charge in [-0.05, 0) is 61.5 Å². The minimum atomic E-state index is -0.264. The van der Waals surface area contributed by atoms with Gasteiger partial charge in [0.2, 0.25) is 5.91 Å². The van der Waals surface area contributed by atoms with Crippen LogP contribution in [-0.4, -0.2) is 54.3 Å². The predicted molar refractivity (Wildman–Crippen MR) is 133 cm³/mol. The van der Waals surface area contributed by atoms with E-state index in [2.05, 4.69) is 32.6 Å². The molecule has 0 radical (unpaired) electrons. The first-order valence-corrected chi connectivity index (χ1v) is 11.8. The van der Waals surface area contributed by atoms with E-state index >= 15 is 0 Å². The van der Waals surface area contributed by atoms with Crippen molar-refractivity contribution in [1.29, 1.82) is 0 Å². The molecule has 0 unspecified atom stereocenters. The smallest absolute Gasteiger partial charge is 0.253 e. The summed E-state index contributed by atoms with van der Waals surface area (Å²) >= 11 is 5.99. The van der Waals surface area contributed by atoms with E-state index in [1.54, 1.807) is 42.7 Å². The third-order valence-corrected chi connectivity index (χ3v) is 6.07. The Morgan fingerprint density at radius 3 is 2.47 bits per heavy atom. The molecule has 1 aliphatic rings. The second-order valence-corrected chi connectivity index (χ2v) is 8.82. The Morgan fingerprint density at radius 1 is 0.912 bits per heavy atom. The van der Waals surface area contributed by atoms with Gasteiger partial charge in [-0.3, -0.25) is 19.4 Å². The van der Waals surface area contributed by atoms with Gasteiger partial charge in [-0.25, -0.2) is 0 Å². The molecule has 2 heterocycles. The molecule has 34 heavy (non-hydrogen) atoms. The Balaban J connectivity index is 1.28. The van der Waals surface area contributed by atoms with Gasteiger partial charge in [0.1, 0.15) is 5.76 Å². The zero-order valence-corrected chi connectivity index (χ0v) is 19.8. The molecule has 0 atom stereocenters. The van der Waals surface area contributed by atoms with Gasteiger partial charge in [-0.2, -0.15) is 0 Å². The van der Waals surface area contributed by atoms with E-state index < -0.39 is 0 Å². The lowest BCUT2D eigenvalue weighted by Gasteiger charge is -2.22. The number of nitrogens with one attached hydrogen (secondary N) is 2. The van der Waals surface area contributed by atoms with Gasteiger partial charge in [-0.15, -0.1) is 0 Å². The Labute approximate surface area is 204 Å². The van der Waals surface area contributed by atoms with Crippen LogP contribution in [0.25, 0.3) is 0 Å². The first-order valence-electron chi connectivity index (χ1n) is 11.5. The number of halogens is 1. The van der Waals surface area contributed by atoms with Gasteiger partial charge in [0.05, 0.1) is 30.6 Å². The van der Waals surface area contributed by atoms with Crippen molar-refractivity contribution >= 4 is 29.1 Å². The van der Waals surface area contributed by atoms with Gasteiger partial charge in [0.25, 0.3) is 5.91 Å². The standard InChI is InChI=1S/C26H29ClN4O3/c27-21-10-8-20(9-11-21)18-30-12-4-13-31(15-14-30)19-25(32)29-24-7-2-1-6-23(24)26(33)28-17-22-5-3-16-34-22/h1-3,5-11,16H,4,12-15,17-19H2,(H,28,33)(H,29,32). The van der Waals surface area contributed by atoms with Crippen LogP contribution in [0.5, 0.6) is 0 Å². The van der Waals surface area contributed by atoms with Crippen molar-refractivity contribution in [3.63, 3.8) is 0 Å². The largest absolute Gasteiger partial charge is 0.467 e. The molecule has 1 saturated heterocycles. The molecule has 0 spiro atoms. The molecule has 0 saturated carbocycles. The second-order valence-electron chi connectivity index (χ2n) is 8.39. The minimum absolute atomic E-state index is 0.127. The van der Waals surface area contributed by atoms with Crippen molar-refractivity contribution in [3.05, 3.63) is 88.8 Å². The summed E-state index contributed by atoms with van der Waals surface area (Å²) < 4.78 is 5.26. The molecule has 0 bridgehead atoms. The van der Waals surface area contributed by atoms with Crippen molar-refractivity contribution in [2.75, 3.05) is 38.0 Å². The SMILES string of the molecule is O=C(CN1CCCN(Cc2ccc(Cl)cc2)CC1)Nc1ccccc1C(=O)NCc1ccco1. The number of carbonyl (C=O) groups is 2. The van der Waals surface area contributed by atoms with Crippen molar-refractivity contribution in [2.24, 2.45) is 0 Å². The predicted octanol–water partition coefficient (Wildman–Crippen LogP) is 4.01. The summed E-state index contributed by atoms with van der Waals surface area (Å²) in [6.45, 7) is 4.99. The molecular formula is C26H29ClN4O3. The summed E-state index contributed by atoms with van der Waals surface area (Å²) in [6, 6.07) is 18.5. The van der Waals surface area contributed by atoms with E-state index in [9.17, 15) is 9.59 Å². The maximum Gasteiger partial charge on any atom is 0.253 e. The fourth-order valence-electron chi connectivity index (χ4n) is 4.05. The average molecular weight is 481 g/mol. The summed E-state index contributed by atoms with van der Waals surface area (Å²) in [5, 5.41) is 6.49. The molecule has 2 aromatic carbocycles. The quantitative estimate of drug-likeness (QED) is 0.509. The zero-order chi connectivity index (χ0) is 23.8. The topological polar surface area (TPSA) is 77.8 Å². The summed E-state index contributed by atoms with van der Waals surface area (Å²) in [7, 11) is 0. The number of anilines is 1. The lowest BCUT2D eigenvalue weighted by molar-refractivity contribution is -0.117. The number of para-hydroxylation sites is 1. The van der Waals surface area contributed by atoms with Gasteiger partial charge < -0.3 is 15.1 Å². The molecule has 1 fully saturated rings. The highest BCUT2D eigenvalue weighted by Crippen LogP contribution is 2.16. The maximum atomic E-state index is 12.8. The Kier molecular flexibility index (Phi) is 8.36. The van der Waals surface area contributed by atoms with Crippen LogP contribution in [-0.2, 0) is 17.9 Å². The van der Waals surface area contributed by atoms with Crippen LogP contribution in [0.15, 0.2) is 71.3 Å². The molecular weight excluding hydrogens is 452 g/mol. The molecule has 2 N–H and O–H groups in total. The van der Waals surface area contributed by atoms with E-state index in [-0.39, 0.29) is 24.9 Å². The summed E-state index contributed by atoms with van der Waals surface area (Å²) in [6.07, 6.45) is 2.56. The Morgan fingerprint density at radius 2 is 1.68 bits per heavy atom. The first kappa shape index (κ1) is 24.0. The van der Waals surface area contributed by atoms with E-state index in [1.165, 1.54) is 5.56 Å². The van der Waals surface area contributed by atoms with Crippen molar-refractivity contribution < 1.29 is 14.0 Å². The van der Waals surface area contributed by atoms with Gasteiger partial charge in [-0.1, -0.05) is 35.9 Å². The number of carbonyl (C=O) groups excluding carboxylic acids is 2. The lowest BCUT2D eigenvalue weighted by atomic mass is 10.1. The minimum Gasteiger partial charge on any atom is -0.467 e. The first-order chi connectivity index (χ1) is 16.6. The fourth-order valence-corrected chi connectivity index (χ4v) is 4.17. The number of amides is 2. The van der Waals surface area contributed by atoms with Crippen LogP contribution in [0, 0.1) is 0 Å². The average Bonchev–Trinajstić information content (AvgIpc) is 3.27. The molecule has 0 aliphatic carbocycles. The molecule has 3 aromatic rings. The molecule has 178 valence electrons. The third kappa shape index (κ3) is 6.93. The Bertz CT molecular complexity index is 1090. The third-order valence-electron chi connectivity index (χ3n) is 5.82.